The molecule has 1 heterocycles. The molecule has 4 nitrogen and oxygen atoms in total. The predicted octanol–water partition coefficient (Wildman–Crippen LogP) is 3.72. The lowest BCUT2D eigenvalue weighted by Gasteiger charge is -2.10. The number of hydrogen-bond donors (Lipinski definition) is 1. The summed E-state index contributed by atoms with van der Waals surface area (Å²) in [6.07, 6.45) is 0. The van der Waals surface area contributed by atoms with Gasteiger partial charge in [-0.3, -0.25) is 0 Å². The normalized spacial score (nSPS) is 10.3. The number of anilines is 2. The summed E-state index contributed by atoms with van der Waals surface area (Å²) in [6.45, 7) is 1.73. The number of hydrogen-bond acceptors (Lipinski definition) is 5. The number of benzene rings is 1. The van der Waals surface area contributed by atoms with Crippen molar-refractivity contribution in [1.82, 2.24) is 9.97 Å². The second kappa shape index (κ2) is 6.30. The fraction of sp³-hybridized carbons (Fsp3) is 0.154. The van der Waals surface area contributed by atoms with Gasteiger partial charge in [0.05, 0.1) is 5.69 Å². The fourth-order valence-electron chi connectivity index (χ4n) is 1.57. The first-order chi connectivity index (χ1) is 9.58. The van der Waals surface area contributed by atoms with E-state index in [0.717, 1.165) is 0 Å². The quantitative estimate of drug-likeness (QED) is 0.870. The van der Waals surface area contributed by atoms with Gasteiger partial charge in [-0.15, -0.1) is 0 Å². The molecule has 1 N–H and O–H groups in total. The van der Waals surface area contributed by atoms with Crippen molar-refractivity contribution in [3.8, 4) is 6.07 Å². The average Bonchev–Trinajstić information content (AvgIpc) is 2.39. The zero-order valence-electron chi connectivity index (χ0n) is 10.5. The van der Waals surface area contributed by atoms with E-state index in [1.807, 2.05) is 6.07 Å². The van der Waals surface area contributed by atoms with Crippen LogP contribution in [0.15, 0.2) is 35.2 Å². The van der Waals surface area contributed by atoms with Gasteiger partial charge < -0.3 is 5.32 Å². The van der Waals surface area contributed by atoms with E-state index in [0.29, 0.717) is 28.0 Å². The van der Waals surface area contributed by atoms with Gasteiger partial charge in [-0.1, -0.05) is 23.9 Å². The van der Waals surface area contributed by atoms with E-state index in [1.165, 1.54) is 0 Å². The van der Waals surface area contributed by atoms with Gasteiger partial charge in [0.25, 0.3) is 5.76 Å². The van der Waals surface area contributed by atoms with Crippen LogP contribution in [-0.4, -0.2) is 15.7 Å². The third kappa shape index (κ3) is 3.65. The minimum Gasteiger partial charge on any atom is -0.323 e. The van der Waals surface area contributed by atoms with Gasteiger partial charge in [-0.05, 0) is 25.1 Å². The maximum absolute atomic E-state index is 12.5. The number of aryl methyl sites for hydroxylation is 1. The van der Waals surface area contributed by atoms with Crippen LogP contribution in [0.25, 0.3) is 0 Å². The Balaban J connectivity index is 2.30. The average molecular weight is 292 g/mol. The fourth-order valence-corrected chi connectivity index (χ4v) is 2.17. The summed E-state index contributed by atoms with van der Waals surface area (Å²) in [4.78, 5) is 8.51. The molecule has 0 amide bonds. The smallest absolute Gasteiger partial charge is 0.288 e. The molecule has 0 spiro atoms. The Morgan fingerprint density at radius 3 is 2.75 bits per heavy atom. The molecule has 1 aromatic carbocycles. The Morgan fingerprint density at radius 1 is 1.30 bits per heavy atom. The third-order valence-corrected chi connectivity index (χ3v) is 3.11. The van der Waals surface area contributed by atoms with Crippen molar-refractivity contribution in [2.24, 2.45) is 0 Å². The Bertz CT molecular complexity index is 655. The van der Waals surface area contributed by atoms with Crippen LogP contribution >= 0.6 is 11.8 Å². The van der Waals surface area contributed by atoms with Crippen molar-refractivity contribution < 1.29 is 8.78 Å². The van der Waals surface area contributed by atoms with E-state index in [2.05, 4.69) is 15.3 Å². The number of rotatable bonds is 4. The molecule has 0 aliphatic rings. The largest absolute Gasteiger partial charge is 0.323 e. The van der Waals surface area contributed by atoms with Crippen molar-refractivity contribution in [3.05, 3.63) is 41.7 Å². The van der Waals surface area contributed by atoms with Crippen LogP contribution in [0.1, 0.15) is 11.4 Å². The molecular formula is C13H10F2N4S. The first kappa shape index (κ1) is 14.2. The lowest BCUT2D eigenvalue weighted by molar-refractivity contribution is 0.252. The summed E-state index contributed by atoms with van der Waals surface area (Å²) in [7, 11) is 0. The topological polar surface area (TPSA) is 61.6 Å². The molecule has 0 fully saturated rings. The second-order valence-electron chi connectivity index (χ2n) is 3.83. The molecule has 0 unspecified atom stereocenters. The highest BCUT2D eigenvalue weighted by atomic mass is 32.2. The third-order valence-electron chi connectivity index (χ3n) is 2.32. The van der Waals surface area contributed by atoms with Crippen molar-refractivity contribution in [3.63, 3.8) is 0 Å². The predicted molar refractivity (Wildman–Crippen MR) is 73.1 cm³/mol. The van der Waals surface area contributed by atoms with Gasteiger partial charge in [0.1, 0.15) is 11.8 Å². The SMILES string of the molecule is Cc1cc(C#N)nc(Nc2ccccc2SC(F)F)n1. The molecule has 0 saturated heterocycles. The zero-order valence-corrected chi connectivity index (χ0v) is 11.3. The van der Waals surface area contributed by atoms with E-state index < -0.39 is 5.76 Å². The van der Waals surface area contributed by atoms with Crippen LogP contribution in [0.3, 0.4) is 0 Å². The Hall–Kier alpha value is -2.20. The number of nitrogens with one attached hydrogen (secondary N) is 1. The van der Waals surface area contributed by atoms with Crippen molar-refractivity contribution in [2.45, 2.75) is 17.6 Å². The Morgan fingerprint density at radius 2 is 2.05 bits per heavy atom. The van der Waals surface area contributed by atoms with Crippen LogP contribution in [0.5, 0.6) is 0 Å². The maximum atomic E-state index is 12.5. The van der Waals surface area contributed by atoms with Crippen molar-refractivity contribution in [2.75, 3.05) is 5.32 Å². The van der Waals surface area contributed by atoms with E-state index in [4.69, 9.17) is 5.26 Å². The standard InChI is InChI=1S/C13H10F2N4S/c1-8-6-9(7-16)18-13(17-8)19-10-4-2-3-5-11(10)20-12(14)15/h2-6,12H,1H3,(H,17,18,19). The molecule has 0 aliphatic heterocycles. The zero-order chi connectivity index (χ0) is 14.5. The molecule has 2 aromatic rings. The maximum Gasteiger partial charge on any atom is 0.288 e. The summed E-state index contributed by atoms with van der Waals surface area (Å²) in [6, 6.07) is 10.1. The number of nitriles is 1. The highest BCUT2D eigenvalue weighted by Gasteiger charge is 2.11. The van der Waals surface area contributed by atoms with Crippen LogP contribution in [-0.2, 0) is 0 Å². The molecule has 0 radical (unpaired) electrons. The summed E-state index contributed by atoms with van der Waals surface area (Å²) in [5, 5.41) is 11.7. The minimum absolute atomic E-state index is 0.212. The van der Waals surface area contributed by atoms with Crippen LogP contribution < -0.4 is 5.32 Å². The lowest BCUT2D eigenvalue weighted by atomic mass is 10.3. The van der Waals surface area contributed by atoms with Gasteiger partial charge >= 0.3 is 0 Å². The van der Waals surface area contributed by atoms with E-state index in [-0.39, 0.29) is 11.6 Å². The van der Waals surface area contributed by atoms with Gasteiger partial charge in [0.2, 0.25) is 5.95 Å². The Kier molecular flexibility index (Phi) is 4.48. The number of thioether (sulfide) groups is 1. The van der Waals surface area contributed by atoms with E-state index in [9.17, 15) is 8.78 Å². The first-order valence-corrected chi connectivity index (χ1v) is 6.53. The van der Waals surface area contributed by atoms with Gasteiger partial charge in [0, 0.05) is 10.6 Å². The lowest BCUT2D eigenvalue weighted by Crippen LogP contribution is -2.01. The van der Waals surface area contributed by atoms with Gasteiger partial charge in [-0.25, -0.2) is 9.97 Å². The number of alkyl halides is 2. The summed E-state index contributed by atoms with van der Waals surface area (Å²) >= 11 is 0.442. The molecule has 1 aromatic heterocycles. The molecule has 0 atom stereocenters. The second-order valence-corrected chi connectivity index (χ2v) is 4.86. The van der Waals surface area contributed by atoms with E-state index >= 15 is 0 Å². The molecule has 7 heteroatoms. The molecule has 2 rings (SSSR count). The van der Waals surface area contributed by atoms with Crippen molar-refractivity contribution in [1.29, 1.82) is 5.26 Å². The number of halogens is 2. The summed E-state index contributed by atoms with van der Waals surface area (Å²) < 4.78 is 25.0. The van der Waals surface area contributed by atoms with Gasteiger partial charge in [0.15, 0.2) is 0 Å². The van der Waals surface area contributed by atoms with Gasteiger partial charge in [-0.2, -0.15) is 14.0 Å². The first-order valence-electron chi connectivity index (χ1n) is 5.65. The van der Waals surface area contributed by atoms with Crippen LogP contribution in [0.4, 0.5) is 20.4 Å². The van der Waals surface area contributed by atoms with Crippen molar-refractivity contribution >= 4 is 23.4 Å². The summed E-state index contributed by atoms with van der Waals surface area (Å²) in [5.41, 5.74) is 1.32. The molecule has 0 aliphatic carbocycles. The number of aromatic nitrogens is 2. The monoisotopic (exact) mass is 292 g/mol. The van der Waals surface area contributed by atoms with Crippen LogP contribution in [0, 0.1) is 18.3 Å². The molecule has 102 valence electrons. The molecule has 0 bridgehead atoms. The molecule has 20 heavy (non-hydrogen) atoms. The summed E-state index contributed by atoms with van der Waals surface area (Å²) in [5.74, 6) is -2.30. The van der Waals surface area contributed by atoms with E-state index in [1.54, 1.807) is 37.3 Å². The molecule has 0 saturated carbocycles. The number of para-hydroxylation sites is 1. The molecular weight excluding hydrogens is 282 g/mol. The highest BCUT2D eigenvalue weighted by molar-refractivity contribution is 7.99. The van der Waals surface area contributed by atoms with Crippen LogP contribution in [0.2, 0.25) is 0 Å². The number of nitrogens with zero attached hydrogens (tertiary/aromatic N) is 3. The highest BCUT2D eigenvalue weighted by Crippen LogP contribution is 2.32. The minimum atomic E-state index is -2.51. The Labute approximate surface area is 118 Å².